The summed E-state index contributed by atoms with van der Waals surface area (Å²) in [5.74, 6) is 1.03. The first-order chi connectivity index (χ1) is 25.0. The average molecular weight is 1020 g/mol. The van der Waals surface area contributed by atoms with Crippen LogP contribution < -0.4 is 0 Å². The second-order valence-electron chi connectivity index (χ2n) is 13.5. The van der Waals surface area contributed by atoms with Gasteiger partial charge in [-0.2, -0.15) is 13.2 Å². The van der Waals surface area contributed by atoms with Crippen molar-refractivity contribution in [1.29, 1.82) is 0 Å². The Kier molecular flexibility index (Phi) is 39.3. The Bertz CT molecular complexity index is 1750. The molecule has 0 unspecified atom stereocenters. The fourth-order valence-electron chi connectivity index (χ4n) is 3.96. The molecule has 0 amide bonds. The predicted octanol–water partition coefficient (Wildman–Crippen LogP) is 17.7. The molecule has 3 rings (SSSR count). The van der Waals surface area contributed by atoms with Crippen molar-refractivity contribution in [1.82, 2.24) is 10.2 Å². The molecule has 0 atom stereocenters. The van der Waals surface area contributed by atoms with E-state index in [4.69, 9.17) is 78.9 Å². The number of alkyl halides is 3. The van der Waals surface area contributed by atoms with Crippen molar-refractivity contribution in [2.24, 2.45) is 5.92 Å². The summed E-state index contributed by atoms with van der Waals surface area (Å²) in [6.07, 6.45) is -3.60. The number of benzene rings is 2. The maximum absolute atomic E-state index is 12.0. The molecule has 1 heterocycles. The quantitative estimate of drug-likeness (QED) is 0.198. The van der Waals surface area contributed by atoms with E-state index in [1.165, 1.54) is 5.56 Å². The number of rotatable bonds is 9. The molecule has 0 bridgehead atoms. The molecule has 0 aliphatic rings. The van der Waals surface area contributed by atoms with Crippen molar-refractivity contribution in [3.63, 3.8) is 0 Å². The van der Waals surface area contributed by atoms with E-state index < -0.39 is 32.8 Å². The topological polar surface area (TPSA) is 78.4 Å². The van der Waals surface area contributed by atoms with Crippen LogP contribution >= 0.6 is 75.8 Å². The lowest BCUT2D eigenvalue weighted by atomic mass is 10.0. The minimum Gasteiger partial charge on any atom is -0.332 e. The molecule has 0 aliphatic carbocycles. The highest BCUT2D eigenvalue weighted by Crippen LogP contribution is 2.51. The normalized spacial score (nSPS) is 10.8. The van der Waals surface area contributed by atoms with E-state index >= 15 is 0 Å². The summed E-state index contributed by atoms with van der Waals surface area (Å²) < 4.78 is 70.2. The smallest absolute Gasteiger partial charge is 0.332 e. The van der Waals surface area contributed by atoms with Gasteiger partial charge in [0.15, 0.2) is 16.3 Å². The summed E-state index contributed by atoms with van der Waals surface area (Å²) in [5.41, 5.74) is 3.22. The van der Waals surface area contributed by atoms with E-state index in [9.17, 15) is 21.6 Å². The molecule has 348 valence electrons. The molecule has 2 aromatic carbocycles. The molecule has 3 aromatic rings. The van der Waals surface area contributed by atoms with Crippen LogP contribution in [0.3, 0.4) is 0 Å². The Labute approximate surface area is 391 Å². The van der Waals surface area contributed by atoms with Gasteiger partial charge in [0.2, 0.25) is 5.01 Å². The highest BCUT2D eigenvalue weighted by atomic mass is 35.5. The van der Waals surface area contributed by atoms with Crippen LogP contribution in [0.1, 0.15) is 144 Å². The molecular formula is C41H71Cl5F3N2O4PS3. The highest BCUT2D eigenvalue weighted by Gasteiger charge is 2.35. The second-order valence-corrected chi connectivity index (χ2v) is 23.6. The summed E-state index contributed by atoms with van der Waals surface area (Å²) in [6.45, 7) is 21.0. The molecule has 0 aliphatic heterocycles. The van der Waals surface area contributed by atoms with Crippen LogP contribution in [-0.4, -0.2) is 43.7 Å². The third-order valence-corrected chi connectivity index (χ3v) is 16.7. The van der Waals surface area contributed by atoms with Crippen LogP contribution in [0.15, 0.2) is 50.8 Å². The van der Waals surface area contributed by atoms with Crippen LogP contribution in [0, 0.1) is 19.8 Å². The third-order valence-electron chi connectivity index (χ3n) is 6.92. The summed E-state index contributed by atoms with van der Waals surface area (Å²) in [4.78, 5) is 0.268. The minimum absolute atomic E-state index is 0. The Morgan fingerprint density at radius 3 is 1.53 bits per heavy atom. The molecule has 0 fully saturated rings. The van der Waals surface area contributed by atoms with Crippen LogP contribution in [0.4, 0.5) is 13.2 Å². The van der Waals surface area contributed by atoms with Gasteiger partial charge < -0.3 is 9.05 Å². The fraction of sp³-hybridized carbons (Fsp3) is 0.610. The van der Waals surface area contributed by atoms with Gasteiger partial charge in [-0.05, 0) is 86.6 Å². The number of nitrogens with zero attached hydrogens (tertiary/aromatic N) is 2. The van der Waals surface area contributed by atoms with Gasteiger partial charge in [0.25, 0.3) is 0 Å². The number of hydrogen-bond donors (Lipinski definition) is 0. The van der Waals surface area contributed by atoms with Crippen molar-refractivity contribution in [2.45, 2.75) is 153 Å². The van der Waals surface area contributed by atoms with E-state index in [0.29, 0.717) is 49.5 Å². The summed E-state index contributed by atoms with van der Waals surface area (Å²) in [7, 11) is -0.0840. The number of sulfone groups is 1. The fourth-order valence-corrected chi connectivity index (χ4v) is 8.43. The SMILES string of the molecule is C.C.C.C.CC(C)CC(Cl)=C(Cl)Cl.CC(C)c1ccccc1Cl.CC(C)c1nnc(C(F)(F)F)s1.COP(=S)(OC)C(C)C.Cc1cc(C)c(S(=O)(=O)C(C)C)c(Cl)c1. The van der Waals surface area contributed by atoms with Gasteiger partial charge in [-0.15, -0.1) is 10.2 Å². The lowest BCUT2D eigenvalue weighted by Crippen LogP contribution is -2.15. The van der Waals surface area contributed by atoms with E-state index in [1.807, 2.05) is 45.0 Å². The summed E-state index contributed by atoms with van der Waals surface area (Å²) in [5, 5.41) is 7.33. The largest absolute Gasteiger partial charge is 0.445 e. The first-order valence-corrected chi connectivity index (χ1v) is 24.0. The van der Waals surface area contributed by atoms with Crippen LogP contribution in [0.5, 0.6) is 0 Å². The molecule has 0 spiro atoms. The zero-order chi connectivity index (χ0) is 43.6. The van der Waals surface area contributed by atoms with E-state index in [1.54, 1.807) is 54.9 Å². The van der Waals surface area contributed by atoms with Crippen molar-refractivity contribution >= 4 is 97.5 Å². The van der Waals surface area contributed by atoms with Gasteiger partial charge in [0.05, 0.1) is 15.2 Å². The zero-order valence-corrected chi connectivity index (χ0v) is 40.9. The minimum atomic E-state index is -4.36. The zero-order valence-electron chi connectivity index (χ0n) is 33.8. The second kappa shape index (κ2) is 33.1. The molecule has 59 heavy (non-hydrogen) atoms. The molecule has 18 heteroatoms. The first kappa shape index (κ1) is 70.2. The predicted molar refractivity (Wildman–Crippen MR) is 262 cm³/mol. The maximum atomic E-state index is 12.0. The number of halogens is 8. The number of hydrogen-bond acceptors (Lipinski definition) is 8. The van der Waals surface area contributed by atoms with Crippen LogP contribution in [0.25, 0.3) is 0 Å². The Morgan fingerprint density at radius 2 is 1.29 bits per heavy atom. The molecule has 0 radical (unpaired) electrons. The molecular weight excluding hydrogens is 946 g/mol. The lowest BCUT2D eigenvalue weighted by molar-refractivity contribution is -0.138. The molecule has 6 nitrogen and oxygen atoms in total. The van der Waals surface area contributed by atoms with Crippen LogP contribution in [0.2, 0.25) is 10.0 Å². The number of aryl methyl sites for hydroxylation is 2. The van der Waals surface area contributed by atoms with Gasteiger partial charge in [0, 0.05) is 35.9 Å². The first-order valence-electron chi connectivity index (χ1n) is 17.1. The number of aromatic nitrogens is 2. The molecule has 0 saturated heterocycles. The lowest BCUT2D eigenvalue weighted by Gasteiger charge is -2.20. The Morgan fingerprint density at radius 1 is 0.814 bits per heavy atom. The molecule has 1 aromatic heterocycles. The monoisotopic (exact) mass is 1010 g/mol. The highest BCUT2D eigenvalue weighted by molar-refractivity contribution is 8.10. The Hall–Kier alpha value is -0.500. The third kappa shape index (κ3) is 26.7. The van der Waals surface area contributed by atoms with Gasteiger partial charge in [0.1, 0.15) is 9.50 Å². The van der Waals surface area contributed by atoms with E-state index in [2.05, 4.69) is 44.0 Å². The molecule has 0 N–H and O–H groups in total. The summed E-state index contributed by atoms with van der Waals surface area (Å²) >= 11 is 34.0. The van der Waals surface area contributed by atoms with Gasteiger partial charge in [-0.3, -0.25) is 0 Å². The van der Waals surface area contributed by atoms with Gasteiger partial charge in [-0.1, -0.05) is 179 Å². The van der Waals surface area contributed by atoms with Crippen LogP contribution in [-0.2, 0) is 36.9 Å². The van der Waals surface area contributed by atoms with Crippen molar-refractivity contribution < 1.29 is 30.6 Å². The van der Waals surface area contributed by atoms with Crippen molar-refractivity contribution in [3.8, 4) is 0 Å². The van der Waals surface area contributed by atoms with Crippen molar-refractivity contribution in [2.75, 3.05) is 14.2 Å². The standard InChI is InChI=1S/C11H15ClO2S.C9H11Cl.C6H9Cl3.C6H7F3N2S.C5H13O2PS.4CH4/c1-7(2)15(13,14)11-9(4)5-8(3)6-10(11)12;1-7(2)8-5-3-4-6-9(8)10;1-4(2)3-5(7)6(8)9;1-3(2)4-10-11-5(12-4)6(7,8)9;1-5(2)8(9,6-3)7-4;;;;/h5-7H,1-4H3;3-7H,1-2H3;4H,3H2,1-2H3;3H,1-2H3;5H,1-4H3;4*1H4. The van der Waals surface area contributed by atoms with E-state index in [0.717, 1.165) is 17.0 Å². The van der Waals surface area contributed by atoms with Crippen molar-refractivity contribution in [3.05, 3.63) is 82.7 Å². The maximum Gasteiger partial charge on any atom is 0.445 e. The number of allylic oxidation sites excluding steroid dienone is 1. The Balaban J connectivity index is -0.000000148. The van der Waals surface area contributed by atoms with Gasteiger partial charge >= 0.3 is 6.18 Å². The van der Waals surface area contributed by atoms with E-state index in [-0.39, 0.29) is 45.0 Å². The van der Waals surface area contributed by atoms with Gasteiger partial charge in [-0.25, -0.2) is 8.42 Å². The average Bonchev–Trinajstić information content (AvgIpc) is 3.57. The molecule has 0 saturated carbocycles. The summed E-state index contributed by atoms with van der Waals surface area (Å²) in [6, 6.07) is 11.5.